The lowest BCUT2D eigenvalue weighted by Crippen LogP contribution is -2.31. The van der Waals surface area contributed by atoms with Crippen molar-refractivity contribution in [2.45, 2.75) is 45.2 Å². The molecule has 0 spiro atoms. The second-order valence-corrected chi connectivity index (χ2v) is 5.61. The summed E-state index contributed by atoms with van der Waals surface area (Å²) in [6.07, 6.45) is 6.54. The molecule has 1 saturated heterocycles. The molecule has 0 saturated carbocycles. The fourth-order valence-electron chi connectivity index (χ4n) is 2.50. The highest BCUT2D eigenvalue weighted by Gasteiger charge is 2.18. The van der Waals surface area contributed by atoms with Crippen molar-refractivity contribution in [3.8, 4) is 0 Å². The van der Waals surface area contributed by atoms with Crippen LogP contribution in [0.3, 0.4) is 0 Å². The van der Waals surface area contributed by atoms with E-state index < -0.39 is 0 Å². The van der Waals surface area contributed by atoms with Crippen LogP contribution in [0.2, 0.25) is 0 Å². The van der Waals surface area contributed by atoms with Gasteiger partial charge in [0.05, 0.1) is 6.33 Å². The molecular weight excluding hydrogens is 224 g/mol. The second kappa shape index (κ2) is 6.34. The van der Waals surface area contributed by atoms with Crippen molar-refractivity contribution < 1.29 is 0 Å². The molecule has 4 heteroatoms. The van der Waals surface area contributed by atoms with E-state index in [1.807, 2.05) is 6.33 Å². The number of aromatic nitrogens is 2. The zero-order valence-electron chi connectivity index (χ0n) is 11.9. The first-order valence-electron chi connectivity index (χ1n) is 7.09. The molecular formula is C14H26N4. The Kier molecular flexibility index (Phi) is 4.78. The first-order chi connectivity index (χ1) is 8.68. The van der Waals surface area contributed by atoms with E-state index in [4.69, 9.17) is 0 Å². The summed E-state index contributed by atoms with van der Waals surface area (Å²) in [6, 6.07) is 0.607. The van der Waals surface area contributed by atoms with E-state index in [-0.39, 0.29) is 0 Å². The summed E-state index contributed by atoms with van der Waals surface area (Å²) in [4.78, 5) is 6.73. The zero-order chi connectivity index (χ0) is 13.0. The second-order valence-electron chi connectivity index (χ2n) is 5.61. The molecule has 102 valence electrons. The summed E-state index contributed by atoms with van der Waals surface area (Å²) in [5.41, 5.74) is 1.42. The predicted octanol–water partition coefficient (Wildman–Crippen LogP) is 1.69. The molecule has 0 bridgehead atoms. The quantitative estimate of drug-likeness (QED) is 0.863. The Balaban J connectivity index is 1.94. The van der Waals surface area contributed by atoms with Gasteiger partial charge < -0.3 is 14.8 Å². The maximum Gasteiger partial charge on any atom is 0.0948 e. The van der Waals surface area contributed by atoms with Gasteiger partial charge in [-0.1, -0.05) is 0 Å². The van der Waals surface area contributed by atoms with Gasteiger partial charge >= 0.3 is 0 Å². The summed E-state index contributed by atoms with van der Waals surface area (Å²) < 4.78 is 2.34. The molecule has 0 radical (unpaired) electrons. The van der Waals surface area contributed by atoms with Crippen molar-refractivity contribution in [2.75, 3.05) is 26.7 Å². The van der Waals surface area contributed by atoms with Gasteiger partial charge in [0, 0.05) is 36.9 Å². The van der Waals surface area contributed by atoms with Gasteiger partial charge in [-0.15, -0.1) is 0 Å². The number of imidazole rings is 1. The lowest BCUT2D eigenvalue weighted by molar-refractivity contribution is 0.260. The SMILES string of the molecule is CC(C)N(C)CCn1cncc1C1CCNCC1. The Morgan fingerprint density at radius 1 is 1.44 bits per heavy atom. The van der Waals surface area contributed by atoms with Gasteiger partial charge in [-0.05, 0) is 46.8 Å². The van der Waals surface area contributed by atoms with Crippen LogP contribution in [0.15, 0.2) is 12.5 Å². The maximum atomic E-state index is 4.34. The molecule has 1 fully saturated rings. The molecule has 0 aliphatic carbocycles. The van der Waals surface area contributed by atoms with Gasteiger partial charge in [-0.3, -0.25) is 0 Å². The number of rotatable bonds is 5. The number of hydrogen-bond donors (Lipinski definition) is 1. The van der Waals surface area contributed by atoms with Crippen molar-refractivity contribution in [2.24, 2.45) is 0 Å². The smallest absolute Gasteiger partial charge is 0.0948 e. The third-order valence-electron chi connectivity index (χ3n) is 4.08. The van der Waals surface area contributed by atoms with Crippen LogP contribution in [-0.2, 0) is 6.54 Å². The lowest BCUT2D eigenvalue weighted by Gasteiger charge is -2.25. The molecule has 0 amide bonds. The van der Waals surface area contributed by atoms with Gasteiger partial charge in [-0.25, -0.2) is 4.98 Å². The molecule has 1 aromatic heterocycles. The molecule has 1 aliphatic heterocycles. The minimum Gasteiger partial charge on any atom is -0.333 e. The van der Waals surface area contributed by atoms with Crippen LogP contribution in [0.1, 0.15) is 38.3 Å². The minimum absolute atomic E-state index is 0.607. The van der Waals surface area contributed by atoms with Crippen LogP contribution >= 0.6 is 0 Å². The highest BCUT2D eigenvalue weighted by molar-refractivity contribution is 5.07. The van der Waals surface area contributed by atoms with E-state index >= 15 is 0 Å². The van der Waals surface area contributed by atoms with E-state index in [2.05, 4.69) is 46.9 Å². The Morgan fingerprint density at radius 3 is 2.83 bits per heavy atom. The van der Waals surface area contributed by atoms with Gasteiger partial charge in [0.25, 0.3) is 0 Å². The monoisotopic (exact) mass is 250 g/mol. The largest absolute Gasteiger partial charge is 0.333 e. The predicted molar refractivity (Wildman–Crippen MR) is 74.8 cm³/mol. The number of hydrogen-bond acceptors (Lipinski definition) is 3. The number of piperidine rings is 1. The highest BCUT2D eigenvalue weighted by atomic mass is 15.2. The van der Waals surface area contributed by atoms with Gasteiger partial charge in [0.1, 0.15) is 0 Å². The number of nitrogens with zero attached hydrogens (tertiary/aromatic N) is 3. The first kappa shape index (κ1) is 13.6. The van der Waals surface area contributed by atoms with E-state index in [0.29, 0.717) is 12.0 Å². The van der Waals surface area contributed by atoms with Crippen molar-refractivity contribution in [1.29, 1.82) is 0 Å². The van der Waals surface area contributed by atoms with Crippen LogP contribution in [0.4, 0.5) is 0 Å². The summed E-state index contributed by atoms with van der Waals surface area (Å²) in [5, 5.41) is 3.42. The fourth-order valence-corrected chi connectivity index (χ4v) is 2.50. The van der Waals surface area contributed by atoms with Crippen molar-refractivity contribution in [1.82, 2.24) is 19.8 Å². The number of nitrogens with one attached hydrogen (secondary N) is 1. The summed E-state index contributed by atoms with van der Waals surface area (Å²) in [7, 11) is 2.19. The fraction of sp³-hybridized carbons (Fsp3) is 0.786. The van der Waals surface area contributed by atoms with Crippen LogP contribution < -0.4 is 5.32 Å². The highest BCUT2D eigenvalue weighted by Crippen LogP contribution is 2.24. The molecule has 18 heavy (non-hydrogen) atoms. The van der Waals surface area contributed by atoms with Gasteiger partial charge in [0.2, 0.25) is 0 Å². The van der Waals surface area contributed by atoms with Crippen LogP contribution in [0, 0.1) is 0 Å². The van der Waals surface area contributed by atoms with Crippen LogP contribution in [0.5, 0.6) is 0 Å². The summed E-state index contributed by atoms with van der Waals surface area (Å²) in [6.45, 7) is 8.90. The Bertz CT molecular complexity index is 352. The molecule has 0 unspecified atom stereocenters. The third kappa shape index (κ3) is 3.33. The van der Waals surface area contributed by atoms with Crippen LogP contribution in [-0.4, -0.2) is 47.2 Å². The lowest BCUT2D eigenvalue weighted by atomic mass is 9.95. The molecule has 1 N–H and O–H groups in total. The van der Waals surface area contributed by atoms with E-state index in [1.165, 1.54) is 18.5 Å². The van der Waals surface area contributed by atoms with Crippen molar-refractivity contribution in [3.63, 3.8) is 0 Å². The first-order valence-corrected chi connectivity index (χ1v) is 7.09. The molecule has 0 aromatic carbocycles. The van der Waals surface area contributed by atoms with Crippen molar-refractivity contribution in [3.05, 3.63) is 18.2 Å². The average molecular weight is 250 g/mol. The minimum atomic E-state index is 0.607. The normalized spacial score (nSPS) is 17.8. The molecule has 4 nitrogen and oxygen atoms in total. The molecule has 0 atom stereocenters. The molecule has 1 aliphatic rings. The molecule has 2 heterocycles. The third-order valence-corrected chi connectivity index (χ3v) is 4.08. The maximum absolute atomic E-state index is 4.34. The van der Waals surface area contributed by atoms with Gasteiger partial charge in [-0.2, -0.15) is 0 Å². The van der Waals surface area contributed by atoms with E-state index in [0.717, 1.165) is 26.2 Å². The summed E-state index contributed by atoms with van der Waals surface area (Å²) in [5.74, 6) is 0.693. The van der Waals surface area contributed by atoms with Crippen molar-refractivity contribution >= 4 is 0 Å². The van der Waals surface area contributed by atoms with E-state index in [1.54, 1.807) is 0 Å². The van der Waals surface area contributed by atoms with Crippen LogP contribution in [0.25, 0.3) is 0 Å². The van der Waals surface area contributed by atoms with Gasteiger partial charge in [0.15, 0.2) is 0 Å². The summed E-state index contributed by atoms with van der Waals surface area (Å²) >= 11 is 0. The zero-order valence-corrected chi connectivity index (χ0v) is 11.9. The standard InChI is InChI=1S/C14H26N4/c1-12(2)17(3)8-9-18-11-16-10-14(18)13-4-6-15-7-5-13/h10-13,15H,4-9H2,1-3H3. The Labute approximate surface area is 110 Å². The van der Waals surface area contributed by atoms with E-state index in [9.17, 15) is 0 Å². The number of likely N-dealkylation sites (N-methyl/N-ethyl adjacent to an activating group) is 1. The average Bonchev–Trinajstić information content (AvgIpc) is 2.85. The molecule has 2 rings (SSSR count). The molecule has 1 aromatic rings. The topological polar surface area (TPSA) is 33.1 Å². The Morgan fingerprint density at radius 2 is 2.17 bits per heavy atom. The Hall–Kier alpha value is -0.870.